The minimum Gasteiger partial charge on any atom is -0.461 e. The van der Waals surface area contributed by atoms with Gasteiger partial charge >= 0.3 is 0 Å². The molecule has 0 saturated heterocycles. The van der Waals surface area contributed by atoms with Gasteiger partial charge in [0, 0.05) is 11.1 Å². The highest BCUT2D eigenvalue weighted by atomic mass is 19.1. The van der Waals surface area contributed by atoms with Gasteiger partial charge in [0.15, 0.2) is 0 Å². The van der Waals surface area contributed by atoms with Crippen molar-refractivity contribution in [3.05, 3.63) is 66.0 Å². The third kappa shape index (κ3) is 6.41. The lowest BCUT2D eigenvalue weighted by Crippen LogP contribution is -2.19. The number of hydrogen-bond donors (Lipinski definition) is 2. The van der Waals surface area contributed by atoms with Crippen LogP contribution in [0.1, 0.15) is 69.8 Å². The topological polar surface area (TPSA) is 49.7 Å². The van der Waals surface area contributed by atoms with E-state index in [0.29, 0.717) is 17.2 Å². The van der Waals surface area contributed by atoms with Gasteiger partial charge in [-0.25, -0.2) is 4.39 Å². The van der Waals surface area contributed by atoms with E-state index in [1.54, 1.807) is 30.3 Å². The first-order valence-electron chi connectivity index (χ1n) is 11.5. The molecule has 1 atom stereocenters. The summed E-state index contributed by atoms with van der Waals surface area (Å²) >= 11 is 0. The molecule has 0 radical (unpaired) electrons. The van der Waals surface area contributed by atoms with Crippen LogP contribution in [0.25, 0.3) is 11.1 Å². The number of rotatable bonds is 10. The van der Waals surface area contributed by atoms with Gasteiger partial charge in [-0.15, -0.1) is 0 Å². The normalized spacial score (nSPS) is 19.7. The molecule has 0 aliphatic heterocycles. The van der Waals surface area contributed by atoms with Gasteiger partial charge in [-0.2, -0.15) is 0 Å². The summed E-state index contributed by atoms with van der Waals surface area (Å²) in [6.45, 7) is 5.44. The first-order valence-corrected chi connectivity index (χ1v) is 11.5. The highest BCUT2D eigenvalue weighted by Gasteiger charge is 2.23. The Morgan fingerprint density at radius 1 is 1.10 bits per heavy atom. The van der Waals surface area contributed by atoms with Crippen LogP contribution in [0, 0.1) is 11.7 Å². The van der Waals surface area contributed by atoms with E-state index in [2.05, 4.69) is 19.6 Å². The third-order valence-corrected chi connectivity index (χ3v) is 6.49. The van der Waals surface area contributed by atoms with E-state index >= 15 is 0 Å². The van der Waals surface area contributed by atoms with Crippen molar-refractivity contribution in [3.63, 3.8) is 0 Å². The van der Waals surface area contributed by atoms with Crippen LogP contribution in [-0.2, 0) is 0 Å². The SMILES string of the molecule is C=C(CO)C(O)Oc1ccc(-c2ccc(C3CCC(CCCCC)CC3)cc2F)cc1. The lowest BCUT2D eigenvalue weighted by Gasteiger charge is -2.29. The van der Waals surface area contributed by atoms with Crippen molar-refractivity contribution in [2.75, 3.05) is 6.61 Å². The highest BCUT2D eigenvalue weighted by Crippen LogP contribution is 2.39. The number of benzene rings is 2. The number of halogens is 1. The summed E-state index contributed by atoms with van der Waals surface area (Å²) in [4.78, 5) is 0. The summed E-state index contributed by atoms with van der Waals surface area (Å²) < 4.78 is 20.3. The van der Waals surface area contributed by atoms with Gasteiger partial charge in [0.25, 0.3) is 0 Å². The van der Waals surface area contributed by atoms with Crippen molar-refractivity contribution < 1.29 is 19.3 Å². The summed E-state index contributed by atoms with van der Waals surface area (Å²) in [5.74, 6) is 1.53. The van der Waals surface area contributed by atoms with Crippen molar-refractivity contribution in [2.45, 2.75) is 70.5 Å². The Bertz CT molecular complexity index is 838. The second-order valence-corrected chi connectivity index (χ2v) is 8.76. The smallest absolute Gasteiger partial charge is 0.222 e. The highest BCUT2D eigenvalue weighted by molar-refractivity contribution is 5.65. The van der Waals surface area contributed by atoms with Gasteiger partial charge in [-0.05, 0) is 66.8 Å². The van der Waals surface area contributed by atoms with E-state index in [0.717, 1.165) is 29.9 Å². The minimum absolute atomic E-state index is 0.181. The van der Waals surface area contributed by atoms with Gasteiger partial charge in [0.2, 0.25) is 6.29 Å². The van der Waals surface area contributed by atoms with E-state index in [1.807, 2.05) is 6.07 Å². The van der Waals surface area contributed by atoms with Crippen molar-refractivity contribution >= 4 is 0 Å². The third-order valence-electron chi connectivity index (χ3n) is 6.49. The molecule has 0 aromatic heterocycles. The van der Waals surface area contributed by atoms with Gasteiger partial charge < -0.3 is 14.9 Å². The zero-order valence-corrected chi connectivity index (χ0v) is 18.5. The Labute approximate surface area is 185 Å². The zero-order valence-electron chi connectivity index (χ0n) is 18.5. The average molecular weight is 427 g/mol. The number of unbranched alkanes of at least 4 members (excludes halogenated alkanes) is 2. The molecule has 1 aliphatic rings. The second-order valence-electron chi connectivity index (χ2n) is 8.76. The number of aliphatic hydroxyl groups is 2. The number of ether oxygens (including phenoxy) is 1. The molecule has 31 heavy (non-hydrogen) atoms. The summed E-state index contributed by atoms with van der Waals surface area (Å²) in [5.41, 5.74) is 2.61. The standard InChI is InChI=1S/C27H35FO3/c1-3-4-5-6-20-7-9-21(10-8-20)23-13-16-25(26(28)17-23)22-11-14-24(15-12-22)31-27(30)19(2)18-29/h11-17,20-21,27,29-30H,2-10,18H2,1H3. The lowest BCUT2D eigenvalue weighted by atomic mass is 9.77. The number of aliphatic hydroxyl groups excluding tert-OH is 2. The predicted octanol–water partition coefficient (Wildman–Crippen LogP) is 6.59. The molecular formula is C27H35FO3. The van der Waals surface area contributed by atoms with Crippen LogP contribution in [0.3, 0.4) is 0 Å². The van der Waals surface area contributed by atoms with Crippen LogP contribution in [0.5, 0.6) is 5.75 Å². The quantitative estimate of drug-likeness (QED) is 0.256. The van der Waals surface area contributed by atoms with E-state index in [-0.39, 0.29) is 18.0 Å². The fourth-order valence-electron chi connectivity index (χ4n) is 4.49. The van der Waals surface area contributed by atoms with Crippen molar-refractivity contribution in [1.29, 1.82) is 0 Å². The first-order chi connectivity index (χ1) is 15.0. The van der Waals surface area contributed by atoms with Crippen LogP contribution >= 0.6 is 0 Å². The maximum Gasteiger partial charge on any atom is 0.222 e. The largest absolute Gasteiger partial charge is 0.461 e. The zero-order chi connectivity index (χ0) is 22.2. The first kappa shape index (κ1) is 23.5. The molecule has 168 valence electrons. The van der Waals surface area contributed by atoms with Crippen LogP contribution in [0.4, 0.5) is 4.39 Å². The van der Waals surface area contributed by atoms with Gasteiger partial charge in [0.05, 0.1) is 6.61 Å². The Kier molecular flexibility index (Phi) is 8.68. The van der Waals surface area contributed by atoms with Crippen molar-refractivity contribution in [2.24, 2.45) is 5.92 Å². The lowest BCUT2D eigenvalue weighted by molar-refractivity contribution is 0.00742. The van der Waals surface area contributed by atoms with Crippen molar-refractivity contribution in [3.8, 4) is 16.9 Å². The van der Waals surface area contributed by atoms with Gasteiger partial charge in [-0.3, -0.25) is 0 Å². The summed E-state index contributed by atoms with van der Waals surface area (Å²) in [5, 5.41) is 18.8. The Morgan fingerprint density at radius 3 is 2.42 bits per heavy atom. The van der Waals surface area contributed by atoms with Gasteiger partial charge in [-0.1, -0.05) is 63.5 Å². The van der Waals surface area contributed by atoms with Crippen molar-refractivity contribution in [1.82, 2.24) is 0 Å². The fraction of sp³-hybridized carbons (Fsp3) is 0.481. The van der Waals surface area contributed by atoms with E-state index in [1.165, 1.54) is 38.5 Å². The van der Waals surface area contributed by atoms with Crippen LogP contribution in [0.2, 0.25) is 0 Å². The molecule has 3 nitrogen and oxygen atoms in total. The maximum absolute atomic E-state index is 14.9. The Balaban J connectivity index is 1.60. The molecule has 1 aliphatic carbocycles. The molecule has 1 unspecified atom stereocenters. The molecular weight excluding hydrogens is 391 g/mol. The molecule has 1 fully saturated rings. The van der Waals surface area contributed by atoms with Crippen LogP contribution < -0.4 is 4.74 Å². The maximum atomic E-state index is 14.9. The average Bonchev–Trinajstić information content (AvgIpc) is 2.79. The van der Waals surface area contributed by atoms with Crippen LogP contribution in [0.15, 0.2) is 54.6 Å². The molecule has 4 heteroatoms. The molecule has 1 saturated carbocycles. The molecule has 0 spiro atoms. The molecule has 2 N–H and O–H groups in total. The molecule has 2 aromatic rings. The number of hydrogen-bond acceptors (Lipinski definition) is 3. The second kappa shape index (κ2) is 11.4. The fourth-order valence-corrected chi connectivity index (χ4v) is 4.49. The van der Waals surface area contributed by atoms with E-state index in [4.69, 9.17) is 9.84 Å². The predicted molar refractivity (Wildman–Crippen MR) is 124 cm³/mol. The monoisotopic (exact) mass is 426 g/mol. The van der Waals surface area contributed by atoms with Gasteiger partial charge in [0.1, 0.15) is 11.6 Å². The summed E-state index contributed by atoms with van der Waals surface area (Å²) in [7, 11) is 0. The molecule has 0 heterocycles. The minimum atomic E-state index is -1.27. The van der Waals surface area contributed by atoms with E-state index < -0.39 is 6.29 Å². The Morgan fingerprint density at radius 2 is 1.81 bits per heavy atom. The summed E-state index contributed by atoms with van der Waals surface area (Å²) in [6, 6.07) is 12.5. The molecule has 0 amide bonds. The van der Waals surface area contributed by atoms with E-state index in [9.17, 15) is 9.50 Å². The molecule has 3 rings (SSSR count). The Hall–Kier alpha value is -2.17. The molecule has 2 aromatic carbocycles. The summed E-state index contributed by atoms with van der Waals surface area (Å²) in [6.07, 6.45) is 8.85. The van der Waals surface area contributed by atoms with Crippen LogP contribution in [-0.4, -0.2) is 23.1 Å². The molecule has 0 bridgehead atoms.